The Hall–Kier alpha value is -4.10. The molecule has 0 aliphatic carbocycles. The molecule has 2 unspecified atom stereocenters. The van der Waals surface area contributed by atoms with Gasteiger partial charge in [0, 0.05) is 109 Å². The summed E-state index contributed by atoms with van der Waals surface area (Å²) < 4.78 is 2.89. The molecule has 14 heteroatoms. The van der Waals surface area contributed by atoms with Gasteiger partial charge in [-0.1, -0.05) is 23.2 Å². The molecule has 52 heavy (non-hydrogen) atoms. The first-order valence-electron chi connectivity index (χ1n) is 17.7. The highest BCUT2D eigenvalue weighted by Crippen LogP contribution is 2.29. The van der Waals surface area contributed by atoms with Crippen LogP contribution in [0.25, 0.3) is 0 Å². The fourth-order valence-corrected chi connectivity index (χ4v) is 7.22. The number of nitrogens with one attached hydrogen (secondary N) is 2. The first kappa shape index (κ1) is 39.1. The molecule has 280 valence electrons. The summed E-state index contributed by atoms with van der Waals surface area (Å²) in [5, 5.41) is 17.4. The van der Waals surface area contributed by atoms with Crippen molar-refractivity contribution in [2.45, 2.75) is 51.9 Å². The number of aromatic nitrogens is 4. The molecule has 0 bridgehead atoms. The van der Waals surface area contributed by atoms with Crippen LogP contribution in [-0.2, 0) is 40.0 Å². The minimum absolute atomic E-state index is 0.00145. The van der Waals surface area contributed by atoms with Gasteiger partial charge in [0.25, 0.3) is 11.1 Å². The molecule has 0 amide bonds. The molecule has 2 aliphatic rings. The van der Waals surface area contributed by atoms with Crippen LogP contribution in [0.5, 0.6) is 0 Å². The van der Waals surface area contributed by atoms with E-state index in [1.165, 1.54) is 9.36 Å². The van der Waals surface area contributed by atoms with Gasteiger partial charge in [-0.15, -0.1) is 0 Å². The van der Waals surface area contributed by atoms with E-state index in [1.807, 2.05) is 76.7 Å². The van der Waals surface area contributed by atoms with Crippen molar-refractivity contribution in [2.75, 3.05) is 74.8 Å². The number of aryl methyl sites for hydroxylation is 2. The number of anilines is 4. The van der Waals surface area contributed by atoms with Gasteiger partial charge >= 0.3 is 0 Å². The van der Waals surface area contributed by atoms with Gasteiger partial charge in [0.05, 0.1) is 0 Å². The summed E-state index contributed by atoms with van der Waals surface area (Å²) in [6.45, 7) is 8.94. The summed E-state index contributed by atoms with van der Waals surface area (Å²) in [6, 6.07) is 16.1. The quantitative estimate of drug-likeness (QED) is 0.237. The molecule has 2 aromatic carbocycles. The van der Waals surface area contributed by atoms with Gasteiger partial charge < -0.3 is 30.2 Å². The van der Waals surface area contributed by atoms with Crippen molar-refractivity contribution in [3.8, 4) is 0 Å². The number of hydrogen-bond acceptors (Lipinski definition) is 10. The molecule has 0 spiro atoms. The second-order valence-electron chi connectivity index (χ2n) is 14.4. The molecular weight excluding hydrogens is 699 g/mol. The van der Waals surface area contributed by atoms with Crippen LogP contribution in [-0.4, -0.2) is 95.8 Å². The number of benzene rings is 2. The van der Waals surface area contributed by atoms with Gasteiger partial charge in [-0.05, 0) is 103 Å². The standard InChI is InChI=1S/2C19H26ClN5O/c1-13(11-23(2)3)21-18-17-12-25(15-7-5-14(20)6-8-15)10-9-16(17)19(26)24(4)22-18;1-13(11-23(2)3)21-18-16-9-10-25(15-7-5-14(20)6-8-15)12-17(16)19(26)24(4)22-18/h2*5-8,13H,9-12H2,1-4H3,(H,21,22). The molecule has 2 N–H and O–H groups in total. The lowest BCUT2D eigenvalue weighted by Crippen LogP contribution is -2.39. The Bertz CT molecular complexity index is 1940. The molecule has 0 fully saturated rings. The van der Waals surface area contributed by atoms with E-state index in [0.29, 0.717) is 24.5 Å². The summed E-state index contributed by atoms with van der Waals surface area (Å²) in [5.74, 6) is 1.63. The predicted octanol–water partition coefficient (Wildman–Crippen LogP) is 4.72. The minimum atomic E-state index is -0.0236. The Balaban J connectivity index is 0.000000201. The fourth-order valence-electron chi connectivity index (χ4n) is 6.97. The molecule has 4 aromatic rings. The number of hydrogen-bond donors (Lipinski definition) is 2. The second-order valence-corrected chi connectivity index (χ2v) is 15.3. The number of likely N-dealkylation sites (N-methyl/N-ethyl adjacent to an activating group) is 2. The molecule has 2 aliphatic heterocycles. The maximum absolute atomic E-state index is 12.7. The number of halogens is 2. The molecular formula is C38H52Cl2N10O2. The molecule has 0 saturated carbocycles. The highest BCUT2D eigenvalue weighted by molar-refractivity contribution is 6.30. The van der Waals surface area contributed by atoms with Crippen molar-refractivity contribution < 1.29 is 0 Å². The first-order chi connectivity index (χ1) is 24.7. The maximum Gasteiger partial charge on any atom is 0.271 e. The minimum Gasteiger partial charge on any atom is -0.367 e. The average Bonchev–Trinajstić information content (AvgIpc) is 3.09. The van der Waals surface area contributed by atoms with Crippen LogP contribution < -0.4 is 31.6 Å². The normalized spacial score (nSPS) is 15.1. The van der Waals surface area contributed by atoms with E-state index in [-0.39, 0.29) is 23.2 Å². The second kappa shape index (κ2) is 17.2. The van der Waals surface area contributed by atoms with Crippen LogP contribution in [0.15, 0.2) is 58.1 Å². The van der Waals surface area contributed by atoms with E-state index in [9.17, 15) is 9.59 Å². The van der Waals surface area contributed by atoms with E-state index in [1.54, 1.807) is 14.1 Å². The summed E-state index contributed by atoms with van der Waals surface area (Å²) >= 11 is 12.0. The number of rotatable bonds is 10. The molecule has 2 aromatic heterocycles. The lowest BCUT2D eigenvalue weighted by Gasteiger charge is -2.32. The molecule has 12 nitrogen and oxygen atoms in total. The molecule has 0 radical (unpaired) electrons. The van der Waals surface area contributed by atoms with E-state index >= 15 is 0 Å². The highest BCUT2D eigenvalue weighted by atomic mass is 35.5. The zero-order valence-corrected chi connectivity index (χ0v) is 33.1. The topological polar surface area (TPSA) is 107 Å². The van der Waals surface area contributed by atoms with E-state index in [2.05, 4.69) is 54.3 Å². The largest absolute Gasteiger partial charge is 0.367 e. The van der Waals surface area contributed by atoms with E-state index in [0.717, 1.165) is 82.9 Å². The van der Waals surface area contributed by atoms with Crippen LogP contribution in [0.4, 0.5) is 23.0 Å². The van der Waals surface area contributed by atoms with Crippen molar-refractivity contribution in [1.82, 2.24) is 29.4 Å². The van der Waals surface area contributed by atoms with Crippen LogP contribution in [0, 0.1) is 0 Å². The van der Waals surface area contributed by atoms with Crippen molar-refractivity contribution in [1.29, 1.82) is 0 Å². The third-order valence-electron chi connectivity index (χ3n) is 9.29. The van der Waals surface area contributed by atoms with Crippen molar-refractivity contribution >= 4 is 46.2 Å². The Morgan fingerprint density at radius 1 is 0.635 bits per heavy atom. The van der Waals surface area contributed by atoms with E-state index in [4.69, 9.17) is 23.2 Å². The van der Waals surface area contributed by atoms with Gasteiger partial charge in [-0.25, -0.2) is 9.36 Å². The van der Waals surface area contributed by atoms with Crippen LogP contribution in [0.1, 0.15) is 36.1 Å². The predicted molar refractivity (Wildman–Crippen MR) is 215 cm³/mol. The molecule has 6 rings (SSSR count). The van der Waals surface area contributed by atoms with Crippen LogP contribution in [0.3, 0.4) is 0 Å². The van der Waals surface area contributed by atoms with Crippen molar-refractivity contribution in [2.24, 2.45) is 14.1 Å². The van der Waals surface area contributed by atoms with Gasteiger partial charge in [0.2, 0.25) is 0 Å². The van der Waals surface area contributed by atoms with Crippen molar-refractivity contribution in [3.63, 3.8) is 0 Å². The monoisotopic (exact) mass is 750 g/mol. The molecule has 4 heterocycles. The van der Waals surface area contributed by atoms with Crippen LogP contribution in [0.2, 0.25) is 10.0 Å². The summed E-state index contributed by atoms with van der Waals surface area (Å²) in [6.07, 6.45) is 1.50. The summed E-state index contributed by atoms with van der Waals surface area (Å²) in [4.78, 5) is 34.0. The summed E-state index contributed by atoms with van der Waals surface area (Å²) in [5.41, 5.74) is 5.90. The van der Waals surface area contributed by atoms with Crippen molar-refractivity contribution in [3.05, 3.63) is 102 Å². The van der Waals surface area contributed by atoms with Gasteiger partial charge in [0.1, 0.15) is 0 Å². The Kier molecular flexibility index (Phi) is 12.9. The number of fused-ring (bicyclic) bond motifs is 2. The molecule has 0 saturated heterocycles. The lowest BCUT2D eigenvalue weighted by molar-refractivity contribution is 0.391. The fraction of sp³-hybridized carbons (Fsp3) is 0.474. The maximum atomic E-state index is 12.7. The average molecular weight is 752 g/mol. The Morgan fingerprint density at radius 2 is 1.02 bits per heavy atom. The molecule has 2 atom stereocenters. The van der Waals surface area contributed by atoms with Gasteiger partial charge in [-0.2, -0.15) is 10.2 Å². The smallest absolute Gasteiger partial charge is 0.271 e. The Morgan fingerprint density at radius 3 is 1.46 bits per heavy atom. The Labute approximate surface area is 316 Å². The third kappa shape index (κ3) is 9.65. The lowest BCUT2D eigenvalue weighted by atomic mass is 10.0. The number of nitrogens with zero attached hydrogens (tertiary/aromatic N) is 8. The highest BCUT2D eigenvalue weighted by Gasteiger charge is 2.26. The van der Waals surface area contributed by atoms with Gasteiger partial charge in [0.15, 0.2) is 11.6 Å². The SMILES string of the molecule is CC(CN(C)C)Nc1nn(C)c(=O)c2c1CCN(c1ccc(Cl)cc1)C2.CC(CN(C)C)Nc1nn(C)c(=O)c2c1CN(c1ccc(Cl)cc1)CC2. The first-order valence-corrected chi connectivity index (χ1v) is 18.5. The zero-order valence-electron chi connectivity index (χ0n) is 31.6. The third-order valence-corrected chi connectivity index (χ3v) is 9.80. The van der Waals surface area contributed by atoms with Gasteiger partial charge in [-0.3, -0.25) is 9.59 Å². The van der Waals surface area contributed by atoms with Crippen LogP contribution >= 0.6 is 23.2 Å². The zero-order chi connectivity index (χ0) is 37.7. The summed E-state index contributed by atoms with van der Waals surface area (Å²) in [7, 11) is 11.6. The van der Waals surface area contributed by atoms with E-state index < -0.39 is 0 Å².